The number of rotatable bonds is 4. The molecule has 80 valence electrons. The summed E-state index contributed by atoms with van der Waals surface area (Å²) in [6, 6.07) is 4.80. The standard InChI is InChI=1S/C11H12O4/c1-7(12)9-5-8(6-11(13)14)3-4-10(9)15-2/h3-5H,6H2,1-2H3,(H,13,14). The summed E-state index contributed by atoms with van der Waals surface area (Å²) < 4.78 is 5.00. The van der Waals surface area contributed by atoms with Crippen molar-refractivity contribution in [2.75, 3.05) is 7.11 Å². The van der Waals surface area contributed by atoms with Crippen LogP contribution in [0.2, 0.25) is 0 Å². The van der Waals surface area contributed by atoms with E-state index in [0.29, 0.717) is 16.9 Å². The molecular weight excluding hydrogens is 196 g/mol. The minimum atomic E-state index is -0.922. The summed E-state index contributed by atoms with van der Waals surface area (Å²) in [6.45, 7) is 1.42. The number of methoxy groups -OCH3 is 1. The second kappa shape index (κ2) is 4.59. The Hall–Kier alpha value is -1.84. The highest BCUT2D eigenvalue weighted by Gasteiger charge is 2.10. The SMILES string of the molecule is COc1ccc(CC(=O)O)cc1C(C)=O. The van der Waals surface area contributed by atoms with Gasteiger partial charge in [-0.2, -0.15) is 0 Å². The smallest absolute Gasteiger partial charge is 0.307 e. The number of ketones is 1. The minimum absolute atomic E-state index is 0.0930. The van der Waals surface area contributed by atoms with Gasteiger partial charge in [0.15, 0.2) is 5.78 Å². The lowest BCUT2D eigenvalue weighted by atomic mass is 10.0. The van der Waals surface area contributed by atoms with Gasteiger partial charge < -0.3 is 9.84 Å². The maximum absolute atomic E-state index is 11.2. The Balaban J connectivity index is 3.10. The summed E-state index contributed by atoms with van der Waals surface area (Å²) in [4.78, 5) is 21.7. The number of hydrogen-bond donors (Lipinski definition) is 1. The van der Waals surface area contributed by atoms with Crippen LogP contribution in [-0.4, -0.2) is 24.0 Å². The van der Waals surface area contributed by atoms with Crippen molar-refractivity contribution in [1.29, 1.82) is 0 Å². The van der Waals surface area contributed by atoms with E-state index in [1.807, 2.05) is 0 Å². The number of ether oxygens (including phenoxy) is 1. The lowest BCUT2D eigenvalue weighted by molar-refractivity contribution is -0.136. The molecule has 0 aromatic heterocycles. The molecule has 1 N–H and O–H groups in total. The molecule has 0 atom stereocenters. The number of aliphatic carboxylic acids is 1. The first kappa shape index (κ1) is 11.2. The summed E-state index contributed by atoms with van der Waals surface area (Å²) in [7, 11) is 1.47. The van der Waals surface area contributed by atoms with Gasteiger partial charge in [0.05, 0.1) is 19.1 Å². The van der Waals surface area contributed by atoms with Gasteiger partial charge in [0.1, 0.15) is 5.75 Å². The zero-order valence-electron chi connectivity index (χ0n) is 8.61. The summed E-state index contributed by atoms with van der Waals surface area (Å²) >= 11 is 0. The van der Waals surface area contributed by atoms with E-state index in [1.54, 1.807) is 18.2 Å². The molecule has 4 heteroatoms. The van der Waals surface area contributed by atoms with Crippen molar-refractivity contribution in [3.8, 4) is 5.75 Å². The first-order chi connectivity index (χ1) is 7.04. The van der Waals surface area contributed by atoms with Crippen molar-refractivity contribution in [3.05, 3.63) is 29.3 Å². The molecule has 0 fully saturated rings. The second-order valence-corrected chi connectivity index (χ2v) is 3.16. The van der Waals surface area contributed by atoms with Crippen LogP contribution in [0.4, 0.5) is 0 Å². The van der Waals surface area contributed by atoms with Gasteiger partial charge in [-0.15, -0.1) is 0 Å². The van der Waals surface area contributed by atoms with Crippen LogP contribution >= 0.6 is 0 Å². The molecule has 0 spiro atoms. The first-order valence-corrected chi connectivity index (χ1v) is 4.44. The zero-order chi connectivity index (χ0) is 11.4. The fourth-order valence-electron chi connectivity index (χ4n) is 1.31. The van der Waals surface area contributed by atoms with Gasteiger partial charge in [0, 0.05) is 0 Å². The molecule has 0 bridgehead atoms. The molecule has 4 nitrogen and oxygen atoms in total. The van der Waals surface area contributed by atoms with Crippen LogP contribution in [0.5, 0.6) is 5.75 Å². The predicted octanol–water partition coefficient (Wildman–Crippen LogP) is 1.52. The van der Waals surface area contributed by atoms with Crippen molar-refractivity contribution in [2.45, 2.75) is 13.3 Å². The lowest BCUT2D eigenvalue weighted by Crippen LogP contribution is -2.03. The average Bonchev–Trinajstić information content (AvgIpc) is 2.16. The number of carboxylic acid groups (broad SMARTS) is 1. The highest BCUT2D eigenvalue weighted by molar-refractivity contribution is 5.97. The maximum atomic E-state index is 11.2. The first-order valence-electron chi connectivity index (χ1n) is 4.44. The van der Waals surface area contributed by atoms with Crippen LogP contribution in [0.15, 0.2) is 18.2 Å². The van der Waals surface area contributed by atoms with E-state index in [4.69, 9.17) is 9.84 Å². The number of carbonyl (C=O) groups is 2. The van der Waals surface area contributed by atoms with Gasteiger partial charge in [-0.05, 0) is 24.6 Å². The monoisotopic (exact) mass is 208 g/mol. The van der Waals surface area contributed by atoms with E-state index in [2.05, 4.69) is 0 Å². The Kier molecular flexibility index (Phi) is 3.44. The van der Waals surface area contributed by atoms with Crippen LogP contribution in [0.3, 0.4) is 0 Å². The van der Waals surface area contributed by atoms with Crippen LogP contribution < -0.4 is 4.74 Å². The molecule has 0 radical (unpaired) electrons. The van der Waals surface area contributed by atoms with Gasteiger partial charge in [0.2, 0.25) is 0 Å². The lowest BCUT2D eigenvalue weighted by Gasteiger charge is -2.07. The summed E-state index contributed by atoms with van der Waals surface area (Å²) in [5.41, 5.74) is 1.00. The number of carboxylic acids is 1. The molecule has 0 aliphatic rings. The van der Waals surface area contributed by atoms with E-state index < -0.39 is 5.97 Å². The van der Waals surface area contributed by atoms with E-state index in [1.165, 1.54) is 14.0 Å². The van der Waals surface area contributed by atoms with Crippen molar-refractivity contribution < 1.29 is 19.4 Å². The van der Waals surface area contributed by atoms with Crippen molar-refractivity contribution in [1.82, 2.24) is 0 Å². The molecular formula is C11H12O4. The van der Waals surface area contributed by atoms with Crippen molar-refractivity contribution >= 4 is 11.8 Å². The van der Waals surface area contributed by atoms with Gasteiger partial charge in [-0.25, -0.2) is 0 Å². The van der Waals surface area contributed by atoms with Gasteiger partial charge in [-0.3, -0.25) is 9.59 Å². The third kappa shape index (κ3) is 2.80. The molecule has 1 aromatic carbocycles. The molecule has 0 unspecified atom stereocenters. The molecule has 0 aliphatic heterocycles. The molecule has 1 aromatic rings. The molecule has 0 saturated heterocycles. The molecule has 0 saturated carbocycles. The van der Waals surface area contributed by atoms with E-state index in [-0.39, 0.29) is 12.2 Å². The highest BCUT2D eigenvalue weighted by Crippen LogP contribution is 2.20. The topological polar surface area (TPSA) is 63.6 Å². The highest BCUT2D eigenvalue weighted by atomic mass is 16.5. The Morgan fingerprint density at radius 1 is 1.40 bits per heavy atom. The normalized spacial score (nSPS) is 9.73. The second-order valence-electron chi connectivity index (χ2n) is 3.16. The number of benzene rings is 1. The largest absolute Gasteiger partial charge is 0.496 e. The van der Waals surface area contributed by atoms with Gasteiger partial charge >= 0.3 is 5.97 Å². The fourth-order valence-corrected chi connectivity index (χ4v) is 1.31. The average molecular weight is 208 g/mol. The minimum Gasteiger partial charge on any atom is -0.496 e. The number of Topliss-reactive ketones (excluding diaryl/α,β-unsaturated/α-hetero) is 1. The van der Waals surface area contributed by atoms with Crippen molar-refractivity contribution in [2.24, 2.45) is 0 Å². The van der Waals surface area contributed by atoms with Gasteiger partial charge in [-0.1, -0.05) is 6.07 Å². The molecule has 1 rings (SSSR count). The van der Waals surface area contributed by atoms with Crippen LogP contribution in [0.1, 0.15) is 22.8 Å². The molecule has 15 heavy (non-hydrogen) atoms. The summed E-state index contributed by atoms with van der Waals surface area (Å²) in [6.07, 6.45) is -0.0930. The number of carbonyl (C=O) groups excluding carboxylic acids is 1. The Morgan fingerprint density at radius 2 is 2.07 bits per heavy atom. The molecule has 0 aliphatic carbocycles. The zero-order valence-corrected chi connectivity index (χ0v) is 8.61. The van der Waals surface area contributed by atoms with E-state index >= 15 is 0 Å². The maximum Gasteiger partial charge on any atom is 0.307 e. The van der Waals surface area contributed by atoms with Crippen LogP contribution in [0.25, 0.3) is 0 Å². The quantitative estimate of drug-likeness (QED) is 0.762. The Morgan fingerprint density at radius 3 is 2.53 bits per heavy atom. The molecule has 0 heterocycles. The van der Waals surface area contributed by atoms with E-state index in [9.17, 15) is 9.59 Å². The Bertz CT molecular complexity index is 396. The summed E-state index contributed by atoms with van der Waals surface area (Å²) in [5, 5.41) is 8.61. The van der Waals surface area contributed by atoms with Crippen LogP contribution in [0, 0.1) is 0 Å². The van der Waals surface area contributed by atoms with E-state index in [0.717, 1.165) is 0 Å². The third-order valence-electron chi connectivity index (χ3n) is 2.00. The Labute approximate surface area is 87.5 Å². The summed E-state index contributed by atoms with van der Waals surface area (Å²) in [5.74, 6) is -0.592. The predicted molar refractivity (Wildman–Crippen MR) is 54.3 cm³/mol. The molecule has 0 amide bonds. The third-order valence-corrected chi connectivity index (χ3v) is 2.00. The van der Waals surface area contributed by atoms with Crippen molar-refractivity contribution in [3.63, 3.8) is 0 Å². The van der Waals surface area contributed by atoms with Crippen LogP contribution in [-0.2, 0) is 11.2 Å². The van der Waals surface area contributed by atoms with Gasteiger partial charge in [0.25, 0.3) is 0 Å². The number of hydrogen-bond acceptors (Lipinski definition) is 3. The fraction of sp³-hybridized carbons (Fsp3) is 0.273.